The Hall–Kier alpha value is -2.04. The fourth-order valence-electron chi connectivity index (χ4n) is 6.34. The Morgan fingerprint density at radius 2 is 1.48 bits per heavy atom. The summed E-state index contributed by atoms with van der Waals surface area (Å²) in [4.78, 5) is 24.4. The van der Waals surface area contributed by atoms with E-state index >= 15 is 0 Å². The summed E-state index contributed by atoms with van der Waals surface area (Å²) in [5.74, 6) is 3.63. The first kappa shape index (κ1) is 20.2. The van der Waals surface area contributed by atoms with Gasteiger partial charge >= 0.3 is 0 Å². The highest BCUT2D eigenvalue weighted by Crippen LogP contribution is 2.61. The van der Waals surface area contributed by atoms with Crippen molar-refractivity contribution in [2.75, 3.05) is 19.7 Å². The summed E-state index contributed by atoms with van der Waals surface area (Å²) in [6.07, 6.45) is 9.79. The van der Waals surface area contributed by atoms with Gasteiger partial charge in [0, 0.05) is 25.9 Å². The predicted octanol–water partition coefficient (Wildman–Crippen LogP) is 3.68. The minimum Gasteiger partial charge on any atom is -0.494 e. The maximum Gasteiger partial charge on any atom is 0.220 e. The normalized spacial score (nSPS) is 29.4. The van der Waals surface area contributed by atoms with Gasteiger partial charge in [-0.15, -0.1) is 0 Å². The number of carbonyl (C=O) groups is 2. The highest BCUT2D eigenvalue weighted by molar-refractivity contribution is 5.77. The van der Waals surface area contributed by atoms with Gasteiger partial charge in [0.2, 0.25) is 11.8 Å². The first-order valence-electron chi connectivity index (χ1n) is 11.3. The van der Waals surface area contributed by atoms with E-state index in [4.69, 9.17) is 4.74 Å². The van der Waals surface area contributed by atoms with Gasteiger partial charge in [-0.2, -0.15) is 0 Å². The van der Waals surface area contributed by atoms with Crippen molar-refractivity contribution in [3.63, 3.8) is 0 Å². The van der Waals surface area contributed by atoms with E-state index in [9.17, 15) is 9.59 Å². The predicted molar refractivity (Wildman–Crippen MR) is 112 cm³/mol. The van der Waals surface area contributed by atoms with Gasteiger partial charge in [0.25, 0.3) is 0 Å². The Labute approximate surface area is 174 Å². The lowest BCUT2D eigenvalue weighted by atomic mass is 9.49. The fraction of sp³-hybridized carbons (Fsp3) is 0.667. The molecular formula is C24H34N2O3. The lowest BCUT2D eigenvalue weighted by Crippen LogP contribution is -2.48. The number of hydrogen-bond donors (Lipinski definition) is 2. The van der Waals surface area contributed by atoms with Crippen LogP contribution in [0.3, 0.4) is 0 Å². The highest BCUT2D eigenvalue weighted by Gasteiger charge is 2.51. The molecule has 1 aromatic rings. The molecule has 1 aromatic carbocycles. The molecule has 4 saturated carbocycles. The number of amides is 2. The molecule has 5 nitrogen and oxygen atoms in total. The number of benzene rings is 1. The molecule has 158 valence electrons. The monoisotopic (exact) mass is 398 g/mol. The van der Waals surface area contributed by atoms with Crippen molar-refractivity contribution in [2.24, 2.45) is 23.2 Å². The smallest absolute Gasteiger partial charge is 0.220 e. The van der Waals surface area contributed by atoms with E-state index in [1.54, 1.807) is 0 Å². The van der Waals surface area contributed by atoms with Gasteiger partial charge in [-0.25, -0.2) is 0 Å². The maximum absolute atomic E-state index is 12.5. The van der Waals surface area contributed by atoms with Crippen LogP contribution in [0.2, 0.25) is 0 Å². The van der Waals surface area contributed by atoms with Crippen molar-refractivity contribution in [1.82, 2.24) is 10.6 Å². The quantitative estimate of drug-likeness (QED) is 0.591. The van der Waals surface area contributed by atoms with Crippen LogP contribution in [0.4, 0.5) is 0 Å². The van der Waals surface area contributed by atoms with E-state index in [0.29, 0.717) is 39.0 Å². The third-order valence-corrected chi connectivity index (χ3v) is 7.03. The van der Waals surface area contributed by atoms with Crippen LogP contribution in [0.1, 0.15) is 57.8 Å². The second kappa shape index (κ2) is 9.19. The molecule has 2 amide bonds. The van der Waals surface area contributed by atoms with Gasteiger partial charge in [-0.1, -0.05) is 18.2 Å². The lowest BCUT2D eigenvalue weighted by molar-refractivity contribution is -0.129. The topological polar surface area (TPSA) is 67.4 Å². The fourth-order valence-corrected chi connectivity index (χ4v) is 6.34. The van der Waals surface area contributed by atoms with Crippen molar-refractivity contribution < 1.29 is 14.3 Å². The molecule has 4 aliphatic rings. The molecule has 0 unspecified atom stereocenters. The van der Waals surface area contributed by atoms with Gasteiger partial charge in [-0.05, 0) is 80.2 Å². The highest BCUT2D eigenvalue weighted by atomic mass is 16.5. The molecule has 4 aliphatic carbocycles. The molecule has 29 heavy (non-hydrogen) atoms. The van der Waals surface area contributed by atoms with E-state index in [0.717, 1.165) is 23.5 Å². The molecule has 0 aromatic heterocycles. The number of nitrogens with one attached hydrogen (secondary N) is 2. The molecule has 4 fully saturated rings. The van der Waals surface area contributed by atoms with Crippen LogP contribution >= 0.6 is 0 Å². The summed E-state index contributed by atoms with van der Waals surface area (Å²) in [5, 5.41) is 5.91. The van der Waals surface area contributed by atoms with Crippen LogP contribution < -0.4 is 15.4 Å². The largest absolute Gasteiger partial charge is 0.494 e. The van der Waals surface area contributed by atoms with Crippen molar-refractivity contribution in [3.8, 4) is 5.75 Å². The molecule has 0 aliphatic heterocycles. The Bertz CT molecular complexity index is 668. The summed E-state index contributed by atoms with van der Waals surface area (Å²) >= 11 is 0. The molecule has 0 atom stereocenters. The standard InChI is InChI=1S/C24H34N2O3/c27-22(7-4-10-29-21-5-2-1-3-6-21)25-8-9-26-23(28)17-24-14-18-11-19(15-24)13-20(12-18)16-24/h1-3,5-6,18-20H,4,7-17H2,(H,25,27)(H,26,28). The zero-order chi connectivity index (χ0) is 20.1. The molecular weight excluding hydrogens is 364 g/mol. The molecule has 0 saturated heterocycles. The molecule has 0 spiro atoms. The van der Waals surface area contributed by atoms with Crippen molar-refractivity contribution in [2.45, 2.75) is 57.8 Å². The van der Waals surface area contributed by atoms with Gasteiger partial charge in [0.1, 0.15) is 5.75 Å². The Kier molecular flexibility index (Phi) is 6.41. The van der Waals surface area contributed by atoms with Gasteiger partial charge in [-0.3, -0.25) is 9.59 Å². The zero-order valence-electron chi connectivity index (χ0n) is 17.3. The van der Waals surface area contributed by atoms with Crippen LogP contribution in [-0.4, -0.2) is 31.5 Å². The summed E-state index contributed by atoms with van der Waals surface area (Å²) in [5.41, 5.74) is 0.279. The van der Waals surface area contributed by atoms with Crippen LogP contribution in [0, 0.1) is 23.2 Å². The van der Waals surface area contributed by atoms with Crippen molar-refractivity contribution >= 4 is 11.8 Å². The van der Waals surface area contributed by atoms with Crippen LogP contribution in [-0.2, 0) is 9.59 Å². The summed E-state index contributed by atoms with van der Waals surface area (Å²) in [6.45, 7) is 1.53. The van der Waals surface area contributed by atoms with E-state index in [1.165, 1.54) is 38.5 Å². The third kappa shape index (κ3) is 5.52. The average Bonchev–Trinajstić information content (AvgIpc) is 2.68. The summed E-state index contributed by atoms with van der Waals surface area (Å²) < 4.78 is 5.59. The zero-order valence-corrected chi connectivity index (χ0v) is 17.3. The van der Waals surface area contributed by atoms with E-state index < -0.39 is 0 Å². The molecule has 0 radical (unpaired) electrons. The molecule has 0 heterocycles. The van der Waals surface area contributed by atoms with Gasteiger partial charge in [0.15, 0.2) is 0 Å². The number of para-hydroxylation sites is 1. The second-order valence-corrected chi connectivity index (χ2v) is 9.56. The van der Waals surface area contributed by atoms with E-state index in [1.807, 2.05) is 30.3 Å². The third-order valence-electron chi connectivity index (χ3n) is 7.03. The van der Waals surface area contributed by atoms with Crippen LogP contribution in [0.25, 0.3) is 0 Å². The lowest BCUT2D eigenvalue weighted by Gasteiger charge is -2.56. The minimum absolute atomic E-state index is 0.0111. The minimum atomic E-state index is 0.0111. The average molecular weight is 399 g/mol. The molecule has 2 N–H and O–H groups in total. The Balaban J connectivity index is 1.06. The van der Waals surface area contributed by atoms with Gasteiger partial charge in [0.05, 0.1) is 6.61 Å². The molecule has 5 heteroatoms. The maximum atomic E-state index is 12.5. The van der Waals surface area contributed by atoms with Gasteiger partial charge < -0.3 is 15.4 Å². The first-order chi connectivity index (χ1) is 14.1. The van der Waals surface area contributed by atoms with E-state index in [2.05, 4.69) is 10.6 Å². The Morgan fingerprint density at radius 1 is 0.897 bits per heavy atom. The number of hydrogen-bond acceptors (Lipinski definition) is 3. The number of rotatable bonds is 10. The van der Waals surface area contributed by atoms with Crippen molar-refractivity contribution in [3.05, 3.63) is 30.3 Å². The summed E-state index contributed by atoms with van der Waals surface area (Å²) in [6, 6.07) is 9.62. The van der Waals surface area contributed by atoms with E-state index in [-0.39, 0.29) is 17.2 Å². The molecule has 5 rings (SSSR count). The van der Waals surface area contributed by atoms with Crippen molar-refractivity contribution in [1.29, 1.82) is 0 Å². The number of ether oxygens (including phenoxy) is 1. The van der Waals surface area contributed by atoms with Crippen LogP contribution in [0.5, 0.6) is 5.75 Å². The second-order valence-electron chi connectivity index (χ2n) is 9.56. The number of carbonyl (C=O) groups excluding carboxylic acids is 2. The SMILES string of the molecule is O=C(CCCOc1ccccc1)NCCNC(=O)CC12CC3CC(CC(C3)C1)C2. The van der Waals surface area contributed by atoms with Crippen LogP contribution in [0.15, 0.2) is 30.3 Å². The molecule has 4 bridgehead atoms. The Morgan fingerprint density at radius 3 is 2.10 bits per heavy atom. The first-order valence-corrected chi connectivity index (χ1v) is 11.3. The summed E-state index contributed by atoms with van der Waals surface area (Å²) in [7, 11) is 0.